The Morgan fingerprint density at radius 2 is 1.70 bits per heavy atom. The first kappa shape index (κ1) is 39.0. The van der Waals surface area contributed by atoms with Crippen LogP contribution in [0.25, 0.3) is 22.3 Å². The molecule has 15 heteroatoms. The molecule has 9 nitrogen and oxygen atoms in total. The summed E-state index contributed by atoms with van der Waals surface area (Å²) in [4.78, 5) is 37.1. The van der Waals surface area contributed by atoms with E-state index in [9.17, 15) is 32.3 Å². The maximum atomic E-state index is 15.4. The molecule has 4 unspecified atom stereocenters. The second-order valence-corrected chi connectivity index (χ2v) is 17.3. The van der Waals surface area contributed by atoms with Gasteiger partial charge >= 0.3 is 5.97 Å². The average Bonchev–Trinajstić information content (AvgIpc) is 3.63. The Labute approximate surface area is 321 Å². The summed E-state index contributed by atoms with van der Waals surface area (Å²) >= 11 is 0. The number of ether oxygens (including phenoxy) is 1. The first-order valence-corrected chi connectivity index (χ1v) is 20.1. The van der Waals surface area contributed by atoms with E-state index in [1.807, 2.05) is 9.47 Å². The van der Waals surface area contributed by atoms with Crippen LogP contribution in [-0.4, -0.2) is 79.0 Å². The molecule has 4 atom stereocenters. The molecule has 1 aromatic carbocycles. The predicted molar refractivity (Wildman–Crippen MR) is 195 cm³/mol. The Balaban J connectivity index is 1.09. The van der Waals surface area contributed by atoms with Crippen LogP contribution in [0.4, 0.5) is 26.3 Å². The van der Waals surface area contributed by atoms with Crippen molar-refractivity contribution >= 4 is 22.8 Å². The molecule has 1 aliphatic heterocycles. The number of halogens is 6. The molecule has 3 heterocycles. The molecule has 4 saturated carbocycles. The molecule has 304 valence electrons. The summed E-state index contributed by atoms with van der Waals surface area (Å²) in [6.07, 6.45) is 8.42. The Morgan fingerprint density at radius 3 is 2.34 bits per heavy atom. The number of hydrogen-bond acceptors (Lipinski definition) is 6. The van der Waals surface area contributed by atoms with Crippen LogP contribution in [0.5, 0.6) is 5.75 Å². The number of aromatic nitrogens is 3. The van der Waals surface area contributed by atoms with Gasteiger partial charge in [0.25, 0.3) is 17.8 Å². The summed E-state index contributed by atoms with van der Waals surface area (Å²) in [7, 11) is 0. The molecule has 5 fully saturated rings. The summed E-state index contributed by atoms with van der Waals surface area (Å²) in [6, 6.07) is 5.07. The van der Waals surface area contributed by atoms with Gasteiger partial charge in [0, 0.05) is 61.3 Å². The normalized spacial score (nSPS) is 30.5. The number of hydrogen-bond donors (Lipinski definition) is 2. The third kappa shape index (κ3) is 7.37. The number of rotatable bonds is 10. The third-order valence-electron chi connectivity index (χ3n) is 13.4. The minimum atomic E-state index is -3.61. The largest absolute Gasteiger partial charge is 0.490 e. The maximum Gasteiger partial charge on any atom is 0.329 e. The highest BCUT2D eigenvalue weighted by Gasteiger charge is 2.57. The number of nitrogens with one attached hydrogen (secondary N) is 1. The number of aliphatic carboxylic acids is 1. The molecule has 3 aromatic rings. The highest BCUT2D eigenvalue weighted by Crippen LogP contribution is 2.52. The van der Waals surface area contributed by atoms with E-state index in [1.165, 1.54) is 0 Å². The van der Waals surface area contributed by atoms with Gasteiger partial charge in [-0.3, -0.25) is 9.69 Å². The van der Waals surface area contributed by atoms with E-state index < -0.39 is 46.4 Å². The van der Waals surface area contributed by atoms with Crippen molar-refractivity contribution in [3.8, 4) is 17.1 Å². The number of nitrogens with zero attached hydrogens (tertiary/aromatic N) is 4. The number of carbonyl (C=O) groups is 2. The molecule has 0 spiro atoms. The number of fused-ring (bicyclic) bond motifs is 3. The van der Waals surface area contributed by atoms with E-state index in [1.54, 1.807) is 24.4 Å². The van der Waals surface area contributed by atoms with Crippen LogP contribution in [0.2, 0.25) is 0 Å². The van der Waals surface area contributed by atoms with E-state index >= 15 is 8.78 Å². The first-order valence-electron chi connectivity index (χ1n) is 20.1. The molecular formula is C41H49F6N5O4. The molecule has 2 bridgehead atoms. The van der Waals surface area contributed by atoms with Crippen LogP contribution >= 0.6 is 0 Å². The minimum absolute atomic E-state index is 0.0910. The highest BCUT2D eigenvalue weighted by atomic mass is 19.3. The Kier molecular flexibility index (Phi) is 9.88. The molecule has 56 heavy (non-hydrogen) atoms. The molecule has 1 saturated heterocycles. The second kappa shape index (κ2) is 14.2. The number of alkyl halides is 6. The number of amides is 1. The van der Waals surface area contributed by atoms with Gasteiger partial charge in [-0.25, -0.2) is 32.3 Å². The van der Waals surface area contributed by atoms with Crippen LogP contribution in [-0.2, 0) is 10.7 Å². The van der Waals surface area contributed by atoms with Crippen molar-refractivity contribution in [2.24, 2.45) is 17.8 Å². The summed E-state index contributed by atoms with van der Waals surface area (Å²) in [5, 5.41) is 13.7. The van der Waals surface area contributed by atoms with Gasteiger partial charge < -0.3 is 19.7 Å². The lowest BCUT2D eigenvalue weighted by Crippen LogP contribution is -2.60. The van der Waals surface area contributed by atoms with Crippen LogP contribution in [0.3, 0.4) is 0 Å². The predicted octanol–water partition coefficient (Wildman–Crippen LogP) is 9.00. The first-order chi connectivity index (χ1) is 26.4. The fourth-order valence-corrected chi connectivity index (χ4v) is 10.5. The van der Waals surface area contributed by atoms with Crippen LogP contribution in [0.15, 0.2) is 30.6 Å². The number of likely N-dealkylation sites (tertiary alicyclic amines) is 1. The molecule has 2 aromatic heterocycles. The lowest BCUT2D eigenvalue weighted by atomic mass is 9.76. The quantitative estimate of drug-likeness (QED) is 0.198. The zero-order chi connectivity index (χ0) is 39.8. The molecule has 8 rings (SSSR count). The Hall–Kier alpha value is -3.88. The van der Waals surface area contributed by atoms with E-state index in [0.29, 0.717) is 60.7 Å². The van der Waals surface area contributed by atoms with Gasteiger partial charge in [0.15, 0.2) is 5.82 Å². The zero-order valence-corrected chi connectivity index (χ0v) is 31.7. The molecule has 4 aliphatic carbocycles. The Bertz CT molecular complexity index is 1980. The van der Waals surface area contributed by atoms with Gasteiger partial charge in [0.05, 0.1) is 30.3 Å². The van der Waals surface area contributed by atoms with E-state index in [4.69, 9.17) is 4.74 Å². The van der Waals surface area contributed by atoms with Crippen LogP contribution < -0.4 is 10.1 Å². The van der Waals surface area contributed by atoms with Gasteiger partial charge in [-0.05, 0) is 94.1 Å². The van der Waals surface area contributed by atoms with Crippen molar-refractivity contribution in [1.82, 2.24) is 24.8 Å². The fraction of sp³-hybridized carbons (Fsp3) is 0.659. The topological polar surface area (TPSA) is 110 Å². The third-order valence-corrected chi connectivity index (χ3v) is 13.4. The molecule has 5 aliphatic rings. The van der Waals surface area contributed by atoms with Gasteiger partial charge in [-0.1, -0.05) is 13.3 Å². The number of carbonyl (C=O) groups excluding carboxylic acids is 1. The van der Waals surface area contributed by atoms with E-state index in [-0.39, 0.29) is 81.0 Å². The number of carboxylic acids is 1. The van der Waals surface area contributed by atoms with E-state index in [0.717, 1.165) is 31.9 Å². The van der Waals surface area contributed by atoms with Crippen molar-refractivity contribution < 1.29 is 45.8 Å². The SMILES string of the molecule is CCC1CC2CC(C1)C(NC(=O)c1cnc(-c3cn(C4CCC(F)(F)CC4)c4cc(OC5CCC(N6CC(F)(F)C6)CC5)ccc34)nc1C(C)(F)F)(C(=O)O)C2. The van der Waals surface area contributed by atoms with Gasteiger partial charge in [0.2, 0.25) is 5.92 Å². The van der Waals surface area contributed by atoms with Crippen molar-refractivity contribution in [2.75, 3.05) is 13.1 Å². The van der Waals surface area contributed by atoms with Gasteiger partial charge in [0.1, 0.15) is 17.0 Å². The maximum absolute atomic E-state index is 15.4. The molecular weight excluding hydrogens is 740 g/mol. The standard InChI is InChI=1S/C41H49F6N5O4/c1-3-23-14-24-16-25(15-23)41(18-24,37(54)55)50-36(53)31-19-48-35(49-34(31)38(2,42)43)32-20-52(27-10-12-39(44,45)13-11-27)33-17-29(8-9-30(32)33)56-28-6-4-26(5-7-28)51-21-40(46,47)22-51/h8-9,17,19-20,23-28H,3-7,10-16,18,21-22H2,1-2H3,(H,50,53)(H,54,55). The number of benzene rings is 1. The Morgan fingerprint density at radius 1 is 0.982 bits per heavy atom. The minimum Gasteiger partial charge on any atom is -0.490 e. The summed E-state index contributed by atoms with van der Waals surface area (Å²) in [5.74, 6) is -10.6. The van der Waals surface area contributed by atoms with Crippen molar-refractivity contribution in [3.05, 3.63) is 41.9 Å². The van der Waals surface area contributed by atoms with E-state index in [2.05, 4.69) is 22.2 Å². The fourth-order valence-electron chi connectivity index (χ4n) is 10.5. The monoisotopic (exact) mass is 789 g/mol. The van der Waals surface area contributed by atoms with Crippen LogP contribution in [0.1, 0.15) is 119 Å². The summed E-state index contributed by atoms with van der Waals surface area (Å²) in [6.45, 7) is 2.25. The zero-order valence-electron chi connectivity index (χ0n) is 31.7. The highest BCUT2D eigenvalue weighted by molar-refractivity contribution is 6.00. The lowest BCUT2D eigenvalue weighted by Gasteiger charge is -2.46. The lowest BCUT2D eigenvalue weighted by molar-refractivity contribution is -0.151. The van der Waals surface area contributed by atoms with Crippen molar-refractivity contribution in [2.45, 2.75) is 139 Å². The molecule has 2 N–H and O–H groups in total. The summed E-state index contributed by atoms with van der Waals surface area (Å²) < 4.78 is 94.5. The summed E-state index contributed by atoms with van der Waals surface area (Å²) in [5.41, 5.74) is -1.95. The smallest absolute Gasteiger partial charge is 0.329 e. The van der Waals surface area contributed by atoms with Crippen molar-refractivity contribution in [3.63, 3.8) is 0 Å². The van der Waals surface area contributed by atoms with Gasteiger partial charge in [-0.15, -0.1) is 0 Å². The molecule has 0 radical (unpaired) electrons. The average molecular weight is 790 g/mol. The molecule has 1 amide bonds. The van der Waals surface area contributed by atoms with Crippen LogP contribution in [0, 0.1) is 17.8 Å². The van der Waals surface area contributed by atoms with Crippen molar-refractivity contribution in [1.29, 1.82) is 0 Å². The van der Waals surface area contributed by atoms with Gasteiger partial charge in [-0.2, -0.15) is 8.78 Å². The number of carboxylic acid groups (broad SMARTS) is 1. The second-order valence-electron chi connectivity index (χ2n) is 17.3.